The molecule has 0 heterocycles. The van der Waals surface area contributed by atoms with E-state index >= 15 is 0 Å². The first kappa shape index (κ1) is 10.8. The Morgan fingerprint density at radius 2 is 2.40 bits per heavy atom. The molecule has 0 bridgehead atoms. The normalized spacial score (nSPS) is 9.40. The highest BCUT2D eigenvalue weighted by Crippen LogP contribution is 2.01. The lowest BCUT2D eigenvalue weighted by atomic mass is 10.1. The Labute approximate surface area is 87.2 Å². The summed E-state index contributed by atoms with van der Waals surface area (Å²) in [5.74, 6) is 4.34. The summed E-state index contributed by atoms with van der Waals surface area (Å²) in [6.07, 6.45) is 1.28. The molecule has 0 aliphatic rings. The maximum Gasteiger partial charge on any atom is 0.384 e. The molecule has 0 amide bonds. The summed E-state index contributed by atoms with van der Waals surface area (Å²) in [4.78, 5) is 10.7. The SMILES string of the molecule is COC(=O)C#Cc1cccc(C=NO)c1. The van der Waals surface area contributed by atoms with Gasteiger partial charge in [0, 0.05) is 11.5 Å². The minimum absolute atomic E-state index is 0.587. The first-order chi connectivity index (χ1) is 7.26. The Morgan fingerprint density at radius 1 is 1.60 bits per heavy atom. The molecule has 0 atom stereocenters. The van der Waals surface area contributed by atoms with E-state index in [2.05, 4.69) is 21.7 Å². The van der Waals surface area contributed by atoms with Gasteiger partial charge in [-0.25, -0.2) is 4.79 Å². The fourth-order valence-electron chi connectivity index (χ4n) is 0.938. The predicted octanol–water partition coefficient (Wildman–Crippen LogP) is 1.02. The molecule has 4 nitrogen and oxygen atoms in total. The number of nitrogens with zero attached hydrogens (tertiary/aromatic N) is 1. The van der Waals surface area contributed by atoms with Gasteiger partial charge in [-0.1, -0.05) is 23.2 Å². The molecule has 0 aromatic heterocycles. The van der Waals surface area contributed by atoms with E-state index in [9.17, 15) is 4.79 Å². The van der Waals surface area contributed by atoms with Gasteiger partial charge >= 0.3 is 5.97 Å². The number of rotatable bonds is 1. The lowest BCUT2D eigenvalue weighted by Gasteiger charge is -1.92. The number of methoxy groups -OCH3 is 1. The first-order valence-corrected chi connectivity index (χ1v) is 4.13. The molecule has 15 heavy (non-hydrogen) atoms. The van der Waals surface area contributed by atoms with Gasteiger partial charge in [0.05, 0.1) is 13.3 Å². The topological polar surface area (TPSA) is 58.9 Å². The third-order valence-corrected chi connectivity index (χ3v) is 1.59. The second kappa shape index (κ2) is 5.45. The molecule has 4 heteroatoms. The average Bonchev–Trinajstić information content (AvgIpc) is 2.27. The zero-order valence-electron chi connectivity index (χ0n) is 8.10. The average molecular weight is 203 g/mol. The van der Waals surface area contributed by atoms with Gasteiger partial charge in [0.1, 0.15) is 0 Å². The van der Waals surface area contributed by atoms with Gasteiger partial charge < -0.3 is 9.94 Å². The maximum absolute atomic E-state index is 10.7. The van der Waals surface area contributed by atoms with E-state index in [0.29, 0.717) is 11.1 Å². The van der Waals surface area contributed by atoms with Crippen LogP contribution in [0.2, 0.25) is 0 Å². The fraction of sp³-hybridized carbons (Fsp3) is 0.0909. The van der Waals surface area contributed by atoms with Crippen molar-refractivity contribution in [3.8, 4) is 11.8 Å². The van der Waals surface area contributed by atoms with E-state index < -0.39 is 5.97 Å². The lowest BCUT2D eigenvalue weighted by Crippen LogP contribution is -1.94. The van der Waals surface area contributed by atoms with Gasteiger partial charge in [0.25, 0.3) is 0 Å². The van der Waals surface area contributed by atoms with Crippen LogP contribution in [-0.2, 0) is 9.53 Å². The largest absolute Gasteiger partial charge is 0.459 e. The van der Waals surface area contributed by atoms with Crippen molar-refractivity contribution < 1.29 is 14.7 Å². The van der Waals surface area contributed by atoms with Crippen molar-refractivity contribution in [3.05, 3.63) is 35.4 Å². The van der Waals surface area contributed by atoms with Crippen LogP contribution in [-0.4, -0.2) is 24.5 Å². The summed E-state index contributed by atoms with van der Waals surface area (Å²) in [6, 6.07) is 6.93. The van der Waals surface area contributed by atoms with Gasteiger partial charge in [-0.05, 0) is 17.7 Å². The molecule has 1 aromatic carbocycles. The van der Waals surface area contributed by atoms with Crippen LogP contribution in [0.15, 0.2) is 29.4 Å². The number of hydrogen-bond donors (Lipinski definition) is 1. The molecule has 0 unspecified atom stereocenters. The number of hydrogen-bond acceptors (Lipinski definition) is 4. The maximum atomic E-state index is 10.7. The molecule has 0 fully saturated rings. The van der Waals surface area contributed by atoms with Crippen LogP contribution in [0, 0.1) is 11.8 Å². The van der Waals surface area contributed by atoms with Crippen LogP contribution < -0.4 is 0 Å². The highest BCUT2D eigenvalue weighted by atomic mass is 16.5. The van der Waals surface area contributed by atoms with Gasteiger partial charge in [0.15, 0.2) is 0 Å². The lowest BCUT2D eigenvalue weighted by molar-refractivity contribution is -0.133. The Kier molecular flexibility index (Phi) is 3.92. The van der Waals surface area contributed by atoms with Crippen LogP contribution >= 0.6 is 0 Å². The van der Waals surface area contributed by atoms with Crippen LogP contribution in [0.5, 0.6) is 0 Å². The predicted molar refractivity (Wildman–Crippen MR) is 54.7 cm³/mol. The van der Waals surface area contributed by atoms with Crippen LogP contribution in [0.25, 0.3) is 0 Å². The van der Waals surface area contributed by atoms with E-state index in [1.807, 2.05) is 0 Å². The van der Waals surface area contributed by atoms with Crippen molar-refractivity contribution in [1.29, 1.82) is 0 Å². The number of ether oxygens (including phenoxy) is 1. The van der Waals surface area contributed by atoms with Gasteiger partial charge in [0.2, 0.25) is 0 Å². The van der Waals surface area contributed by atoms with Crippen LogP contribution in [0.4, 0.5) is 0 Å². The molecule has 1 N–H and O–H groups in total. The highest BCUT2D eigenvalue weighted by Gasteiger charge is 1.92. The Bertz CT molecular complexity index is 441. The van der Waals surface area contributed by atoms with Crippen molar-refractivity contribution in [2.24, 2.45) is 5.16 Å². The number of oxime groups is 1. The monoisotopic (exact) mass is 203 g/mol. The quantitative estimate of drug-likeness (QED) is 0.244. The number of carbonyl (C=O) groups excluding carboxylic acids is 1. The van der Waals surface area contributed by atoms with E-state index in [-0.39, 0.29) is 0 Å². The summed E-state index contributed by atoms with van der Waals surface area (Å²) in [5, 5.41) is 11.2. The summed E-state index contributed by atoms with van der Waals surface area (Å²) < 4.78 is 4.37. The molecule has 0 aliphatic carbocycles. The van der Waals surface area contributed by atoms with Gasteiger partial charge in [-0.2, -0.15) is 0 Å². The minimum atomic E-state index is -0.587. The van der Waals surface area contributed by atoms with Gasteiger partial charge in [-0.15, -0.1) is 0 Å². The van der Waals surface area contributed by atoms with Crippen LogP contribution in [0.3, 0.4) is 0 Å². The third-order valence-electron chi connectivity index (χ3n) is 1.59. The van der Waals surface area contributed by atoms with Crippen molar-refractivity contribution in [2.75, 3.05) is 7.11 Å². The Hall–Kier alpha value is -2.28. The van der Waals surface area contributed by atoms with Crippen molar-refractivity contribution >= 4 is 12.2 Å². The number of carbonyl (C=O) groups is 1. The second-order valence-electron chi connectivity index (χ2n) is 2.61. The molecule has 0 saturated carbocycles. The first-order valence-electron chi connectivity index (χ1n) is 4.13. The van der Waals surface area contributed by atoms with Crippen molar-refractivity contribution in [2.45, 2.75) is 0 Å². The van der Waals surface area contributed by atoms with E-state index in [1.165, 1.54) is 13.3 Å². The molecule has 0 aliphatic heterocycles. The van der Waals surface area contributed by atoms with Crippen LogP contribution in [0.1, 0.15) is 11.1 Å². The molecule has 1 aromatic rings. The summed E-state index contributed by atoms with van der Waals surface area (Å²) in [7, 11) is 1.27. The van der Waals surface area contributed by atoms with Gasteiger partial charge in [-0.3, -0.25) is 0 Å². The molecule has 76 valence electrons. The smallest absolute Gasteiger partial charge is 0.384 e. The fourth-order valence-corrected chi connectivity index (χ4v) is 0.938. The second-order valence-corrected chi connectivity index (χ2v) is 2.61. The third kappa shape index (κ3) is 3.53. The Balaban J connectivity index is 2.89. The number of benzene rings is 1. The molecular weight excluding hydrogens is 194 g/mol. The number of esters is 1. The molecular formula is C11H9NO3. The molecule has 0 radical (unpaired) electrons. The van der Waals surface area contributed by atoms with E-state index in [1.54, 1.807) is 24.3 Å². The zero-order chi connectivity index (χ0) is 11.1. The Morgan fingerprint density at radius 3 is 3.07 bits per heavy atom. The zero-order valence-corrected chi connectivity index (χ0v) is 8.10. The van der Waals surface area contributed by atoms with E-state index in [4.69, 9.17) is 5.21 Å². The molecule has 0 spiro atoms. The highest BCUT2D eigenvalue weighted by molar-refractivity contribution is 5.89. The molecule has 1 rings (SSSR count). The summed E-state index contributed by atoms with van der Waals surface area (Å²) in [5.41, 5.74) is 1.35. The van der Waals surface area contributed by atoms with Crippen molar-refractivity contribution in [3.63, 3.8) is 0 Å². The molecule has 0 saturated heterocycles. The standard InChI is InChI=1S/C11H9NO3/c1-15-11(13)6-5-9-3-2-4-10(7-9)8-12-14/h2-4,7-8,14H,1H3. The summed E-state index contributed by atoms with van der Waals surface area (Å²) >= 11 is 0. The minimum Gasteiger partial charge on any atom is -0.459 e. The van der Waals surface area contributed by atoms with Crippen molar-refractivity contribution in [1.82, 2.24) is 0 Å². The summed E-state index contributed by atoms with van der Waals surface area (Å²) in [6.45, 7) is 0. The van der Waals surface area contributed by atoms with E-state index in [0.717, 1.165) is 0 Å².